The molecule has 2 aliphatic rings. The quantitative estimate of drug-likeness (QED) is 0.750. The van der Waals surface area contributed by atoms with Crippen molar-refractivity contribution >= 4 is 29.4 Å². The molecule has 1 atom stereocenters. The lowest BCUT2D eigenvalue weighted by Gasteiger charge is -2.30. The van der Waals surface area contributed by atoms with Crippen LogP contribution in [0.4, 0.5) is 5.69 Å². The summed E-state index contributed by atoms with van der Waals surface area (Å²) in [6.45, 7) is 0. The summed E-state index contributed by atoms with van der Waals surface area (Å²) in [6.07, 6.45) is 0.392. The molecule has 3 amide bonds. The third-order valence-corrected chi connectivity index (χ3v) is 3.72. The van der Waals surface area contributed by atoms with Crippen molar-refractivity contribution in [1.29, 1.82) is 0 Å². The van der Waals surface area contributed by atoms with E-state index in [2.05, 4.69) is 5.32 Å². The molecule has 1 aromatic carbocycles. The van der Waals surface area contributed by atoms with Gasteiger partial charge in [0.15, 0.2) is 0 Å². The van der Waals surface area contributed by atoms with Gasteiger partial charge in [-0.05, 0) is 18.1 Å². The first-order valence-electron chi connectivity index (χ1n) is 6.50. The number of carbonyl (C=O) groups excluding carboxylic acids is 3. The second-order valence-corrected chi connectivity index (χ2v) is 5.03. The first kappa shape index (κ1) is 13.3. The van der Waals surface area contributed by atoms with Crippen LogP contribution in [0.2, 0.25) is 0 Å². The van der Waals surface area contributed by atoms with Gasteiger partial charge >= 0.3 is 5.97 Å². The highest BCUT2D eigenvalue weighted by molar-refractivity contribution is 6.13. The standard InChI is InChI=1S/C14H12N2O5/c17-10-5-4-9(13(19)15-10)16-11(18)6-7-2-1-3-8(12(7)16)14(20)21/h1-3,9H,4-6H2,(H,20,21)(H,15,17,19). The van der Waals surface area contributed by atoms with Gasteiger partial charge in [-0.2, -0.15) is 0 Å². The molecular formula is C14H12N2O5. The molecule has 1 fully saturated rings. The summed E-state index contributed by atoms with van der Waals surface area (Å²) in [5.74, 6) is -2.42. The fraction of sp³-hybridized carbons (Fsp3) is 0.286. The van der Waals surface area contributed by atoms with Crippen LogP contribution in [-0.4, -0.2) is 34.8 Å². The predicted octanol–water partition coefficient (Wildman–Crippen LogP) is 0.0791. The molecule has 7 heteroatoms. The molecule has 108 valence electrons. The van der Waals surface area contributed by atoms with Crippen LogP contribution in [0.3, 0.4) is 0 Å². The zero-order chi connectivity index (χ0) is 15.1. The van der Waals surface area contributed by atoms with E-state index in [1.165, 1.54) is 11.0 Å². The Morgan fingerprint density at radius 2 is 2.05 bits per heavy atom. The van der Waals surface area contributed by atoms with Crippen LogP contribution in [0.1, 0.15) is 28.8 Å². The van der Waals surface area contributed by atoms with Crippen LogP contribution < -0.4 is 10.2 Å². The van der Waals surface area contributed by atoms with E-state index in [9.17, 15) is 24.3 Å². The molecule has 1 aromatic rings. The van der Waals surface area contributed by atoms with E-state index in [-0.39, 0.29) is 42.3 Å². The van der Waals surface area contributed by atoms with Crippen molar-refractivity contribution in [3.63, 3.8) is 0 Å². The third kappa shape index (κ3) is 2.06. The van der Waals surface area contributed by atoms with Crippen molar-refractivity contribution in [3.8, 4) is 0 Å². The van der Waals surface area contributed by atoms with Crippen LogP contribution in [0.25, 0.3) is 0 Å². The van der Waals surface area contributed by atoms with Gasteiger partial charge in [-0.15, -0.1) is 0 Å². The van der Waals surface area contributed by atoms with Crippen LogP contribution in [-0.2, 0) is 20.8 Å². The fourth-order valence-electron chi connectivity index (χ4n) is 2.82. The number of para-hydroxylation sites is 1. The number of carbonyl (C=O) groups is 4. The number of carboxylic acids is 1. The van der Waals surface area contributed by atoms with E-state index in [0.29, 0.717) is 5.56 Å². The second-order valence-electron chi connectivity index (χ2n) is 5.03. The molecule has 0 spiro atoms. The van der Waals surface area contributed by atoms with E-state index in [1.807, 2.05) is 0 Å². The molecule has 0 aromatic heterocycles. The number of benzene rings is 1. The lowest BCUT2D eigenvalue weighted by Crippen LogP contribution is -2.53. The van der Waals surface area contributed by atoms with Crippen molar-refractivity contribution < 1.29 is 24.3 Å². The summed E-state index contributed by atoms with van der Waals surface area (Å²) in [4.78, 5) is 47.9. The van der Waals surface area contributed by atoms with Crippen molar-refractivity contribution in [1.82, 2.24) is 5.32 Å². The van der Waals surface area contributed by atoms with Crippen LogP contribution >= 0.6 is 0 Å². The number of aromatic carboxylic acids is 1. The molecular weight excluding hydrogens is 276 g/mol. The van der Waals surface area contributed by atoms with Gasteiger partial charge in [-0.1, -0.05) is 12.1 Å². The van der Waals surface area contributed by atoms with Gasteiger partial charge in [0.25, 0.3) is 0 Å². The Balaban J connectivity index is 2.06. The molecule has 21 heavy (non-hydrogen) atoms. The molecule has 0 radical (unpaired) electrons. The van der Waals surface area contributed by atoms with E-state index < -0.39 is 17.9 Å². The smallest absolute Gasteiger partial charge is 0.337 e. The maximum Gasteiger partial charge on any atom is 0.337 e. The zero-order valence-corrected chi connectivity index (χ0v) is 11.0. The number of hydrogen-bond donors (Lipinski definition) is 2. The number of nitrogens with zero attached hydrogens (tertiary/aromatic N) is 1. The molecule has 0 aliphatic carbocycles. The summed E-state index contributed by atoms with van der Waals surface area (Å²) < 4.78 is 0. The molecule has 2 aliphatic heterocycles. The first-order valence-corrected chi connectivity index (χ1v) is 6.50. The number of nitrogens with one attached hydrogen (secondary N) is 1. The van der Waals surface area contributed by atoms with Gasteiger partial charge in [0, 0.05) is 6.42 Å². The molecule has 1 unspecified atom stereocenters. The van der Waals surface area contributed by atoms with Gasteiger partial charge in [-0.25, -0.2) is 4.79 Å². The van der Waals surface area contributed by atoms with Gasteiger partial charge in [0.1, 0.15) is 6.04 Å². The number of carboxylic acid groups (broad SMARTS) is 1. The number of amides is 3. The summed E-state index contributed by atoms with van der Waals surface area (Å²) in [5, 5.41) is 11.5. The highest BCUT2D eigenvalue weighted by Gasteiger charge is 2.41. The topological polar surface area (TPSA) is 104 Å². The van der Waals surface area contributed by atoms with Crippen molar-refractivity contribution in [2.45, 2.75) is 25.3 Å². The normalized spacial score (nSPS) is 21.2. The molecule has 2 N–H and O–H groups in total. The lowest BCUT2D eigenvalue weighted by atomic mass is 10.0. The number of imide groups is 1. The number of rotatable bonds is 2. The lowest BCUT2D eigenvalue weighted by molar-refractivity contribution is -0.135. The summed E-state index contributed by atoms with van der Waals surface area (Å²) >= 11 is 0. The van der Waals surface area contributed by atoms with Crippen molar-refractivity contribution in [2.75, 3.05) is 4.90 Å². The Labute approximate surface area is 119 Å². The Morgan fingerprint density at radius 3 is 2.71 bits per heavy atom. The number of anilines is 1. The maximum atomic E-state index is 12.2. The van der Waals surface area contributed by atoms with E-state index in [4.69, 9.17) is 0 Å². The molecule has 0 saturated carbocycles. The van der Waals surface area contributed by atoms with Crippen LogP contribution in [0.5, 0.6) is 0 Å². The molecule has 3 rings (SSSR count). The molecule has 1 saturated heterocycles. The minimum Gasteiger partial charge on any atom is -0.478 e. The van der Waals surface area contributed by atoms with Gasteiger partial charge in [-0.3, -0.25) is 24.6 Å². The second kappa shape index (κ2) is 4.69. The largest absolute Gasteiger partial charge is 0.478 e. The SMILES string of the molecule is O=C1CCC(N2C(=O)Cc3cccc(C(=O)O)c32)C(=O)N1. The Morgan fingerprint density at radius 1 is 1.29 bits per heavy atom. The van der Waals surface area contributed by atoms with Crippen molar-refractivity contribution in [3.05, 3.63) is 29.3 Å². The average molecular weight is 288 g/mol. The zero-order valence-electron chi connectivity index (χ0n) is 11.0. The number of hydrogen-bond acceptors (Lipinski definition) is 4. The van der Waals surface area contributed by atoms with E-state index >= 15 is 0 Å². The number of fused-ring (bicyclic) bond motifs is 1. The van der Waals surface area contributed by atoms with E-state index in [0.717, 1.165) is 0 Å². The predicted molar refractivity (Wildman–Crippen MR) is 70.8 cm³/mol. The Hall–Kier alpha value is -2.70. The Bertz CT molecular complexity index is 682. The minimum atomic E-state index is -1.15. The molecule has 0 bridgehead atoms. The van der Waals surface area contributed by atoms with Gasteiger partial charge in [0.05, 0.1) is 17.7 Å². The highest BCUT2D eigenvalue weighted by Crippen LogP contribution is 2.35. The van der Waals surface area contributed by atoms with Crippen molar-refractivity contribution in [2.24, 2.45) is 0 Å². The highest BCUT2D eigenvalue weighted by atomic mass is 16.4. The first-order chi connectivity index (χ1) is 9.99. The summed E-state index contributed by atoms with van der Waals surface area (Å²) in [5.41, 5.74) is 0.845. The van der Waals surface area contributed by atoms with Gasteiger partial charge < -0.3 is 5.11 Å². The van der Waals surface area contributed by atoms with Crippen LogP contribution in [0, 0.1) is 0 Å². The summed E-state index contributed by atoms with van der Waals surface area (Å²) in [6, 6.07) is 3.81. The fourth-order valence-corrected chi connectivity index (χ4v) is 2.82. The van der Waals surface area contributed by atoms with E-state index in [1.54, 1.807) is 12.1 Å². The van der Waals surface area contributed by atoms with Gasteiger partial charge in [0.2, 0.25) is 17.7 Å². The monoisotopic (exact) mass is 288 g/mol. The average Bonchev–Trinajstić information content (AvgIpc) is 2.74. The third-order valence-electron chi connectivity index (χ3n) is 3.72. The Kier molecular flexibility index (Phi) is 2.97. The maximum absolute atomic E-state index is 12.2. The molecule has 7 nitrogen and oxygen atoms in total. The minimum absolute atomic E-state index is 0.0111. The van der Waals surface area contributed by atoms with Crippen LogP contribution in [0.15, 0.2) is 18.2 Å². The number of piperidine rings is 1. The molecule has 2 heterocycles. The summed E-state index contributed by atoms with van der Waals surface area (Å²) in [7, 11) is 0.